The van der Waals surface area contributed by atoms with Gasteiger partial charge in [-0.3, -0.25) is 0 Å². The van der Waals surface area contributed by atoms with Crippen LogP contribution in [0.25, 0.3) is 0 Å². The smallest absolute Gasteiger partial charge is 0.229 e. The standard InChI is InChI=1S/C9H9NO2S/c1-2-8-3-5-9(6-4-8)13(12)10-7-11/h3-6H,2H2,1H3. The predicted octanol–water partition coefficient (Wildman–Crippen LogP) is 1.61. The van der Waals surface area contributed by atoms with E-state index in [4.69, 9.17) is 0 Å². The first kappa shape index (κ1) is 9.84. The van der Waals surface area contributed by atoms with Gasteiger partial charge < -0.3 is 0 Å². The molecule has 0 amide bonds. The molecule has 0 heterocycles. The highest BCUT2D eigenvalue weighted by Gasteiger charge is 2.00. The molecule has 0 saturated heterocycles. The van der Waals surface area contributed by atoms with Crippen LogP contribution in [0.4, 0.5) is 0 Å². The van der Waals surface area contributed by atoms with E-state index in [1.54, 1.807) is 12.1 Å². The van der Waals surface area contributed by atoms with Crippen molar-refractivity contribution in [2.75, 3.05) is 0 Å². The summed E-state index contributed by atoms with van der Waals surface area (Å²) in [5.41, 5.74) is 1.16. The Bertz CT molecular complexity index is 352. The molecule has 0 spiro atoms. The number of rotatable bonds is 3. The van der Waals surface area contributed by atoms with E-state index in [9.17, 15) is 9.00 Å². The lowest BCUT2D eigenvalue weighted by molar-refractivity contribution is 0.566. The van der Waals surface area contributed by atoms with E-state index in [2.05, 4.69) is 4.40 Å². The van der Waals surface area contributed by atoms with Gasteiger partial charge in [-0.2, -0.15) is 0 Å². The van der Waals surface area contributed by atoms with Crippen LogP contribution in [0, 0.1) is 0 Å². The van der Waals surface area contributed by atoms with Gasteiger partial charge in [0.25, 0.3) is 0 Å². The number of aryl methyl sites for hydroxylation is 1. The molecule has 0 aliphatic heterocycles. The summed E-state index contributed by atoms with van der Waals surface area (Å²) in [4.78, 5) is 10.4. The molecule has 0 aliphatic carbocycles. The van der Waals surface area contributed by atoms with Gasteiger partial charge in [-0.05, 0) is 24.1 Å². The van der Waals surface area contributed by atoms with Crippen molar-refractivity contribution in [3.8, 4) is 0 Å². The largest absolute Gasteiger partial charge is 0.250 e. The van der Waals surface area contributed by atoms with E-state index < -0.39 is 11.0 Å². The predicted molar refractivity (Wildman–Crippen MR) is 50.3 cm³/mol. The van der Waals surface area contributed by atoms with E-state index in [1.807, 2.05) is 19.1 Å². The SMILES string of the molecule is CCc1ccc(S(=O)N=C=O)cc1. The molecule has 1 aromatic carbocycles. The minimum atomic E-state index is -1.59. The number of isocyanates is 1. The van der Waals surface area contributed by atoms with Gasteiger partial charge in [-0.25, -0.2) is 9.00 Å². The Hall–Kier alpha value is -1.25. The fraction of sp³-hybridized carbons (Fsp3) is 0.222. The summed E-state index contributed by atoms with van der Waals surface area (Å²) in [6.45, 7) is 2.04. The summed E-state index contributed by atoms with van der Waals surface area (Å²) in [5, 5.41) is 0. The zero-order valence-corrected chi connectivity index (χ0v) is 8.00. The molecule has 4 heteroatoms. The van der Waals surface area contributed by atoms with Gasteiger partial charge in [0.2, 0.25) is 6.08 Å². The van der Waals surface area contributed by atoms with Gasteiger partial charge in [0, 0.05) is 0 Å². The molecular formula is C9H9NO2S. The Kier molecular flexibility index (Phi) is 3.55. The van der Waals surface area contributed by atoms with Crippen molar-refractivity contribution >= 4 is 17.1 Å². The third kappa shape index (κ3) is 2.61. The van der Waals surface area contributed by atoms with E-state index in [0.29, 0.717) is 4.90 Å². The topological polar surface area (TPSA) is 46.5 Å². The number of carbonyl (C=O) groups excluding carboxylic acids is 1. The molecule has 3 nitrogen and oxygen atoms in total. The highest BCUT2D eigenvalue weighted by atomic mass is 32.2. The molecular weight excluding hydrogens is 186 g/mol. The molecule has 0 bridgehead atoms. The summed E-state index contributed by atoms with van der Waals surface area (Å²) in [7, 11) is -1.59. The highest BCUT2D eigenvalue weighted by molar-refractivity contribution is 7.83. The van der Waals surface area contributed by atoms with Gasteiger partial charge in [0.1, 0.15) is 0 Å². The number of benzene rings is 1. The van der Waals surface area contributed by atoms with Crippen LogP contribution in [-0.2, 0) is 22.2 Å². The van der Waals surface area contributed by atoms with Crippen molar-refractivity contribution in [1.29, 1.82) is 0 Å². The highest BCUT2D eigenvalue weighted by Crippen LogP contribution is 2.09. The number of hydrogen-bond acceptors (Lipinski definition) is 2. The van der Waals surface area contributed by atoms with Crippen molar-refractivity contribution in [1.82, 2.24) is 0 Å². The van der Waals surface area contributed by atoms with Crippen molar-refractivity contribution in [2.45, 2.75) is 18.2 Å². The fourth-order valence-electron chi connectivity index (χ4n) is 0.928. The minimum Gasteiger partial charge on any atom is -0.229 e. The van der Waals surface area contributed by atoms with Crippen LogP contribution in [0.15, 0.2) is 33.6 Å². The zero-order valence-electron chi connectivity index (χ0n) is 7.19. The maximum absolute atomic E-state index is 11.1. The first-order chi connectivity index (χ1) is 6.27. The molecule has 13 heavy (non-hydrogen) atoms. The summed E-state index contributed by atoms with van der Waals surface area (Å²) in [5.74, 6) is 0. The summed E-state index contributed by atoms with van der Waals surface area (Å²) in [6, 6.07) is 7.15. The quantitative estimate of drug-likeness (QED) is 0.543. The molecule has 0 saturated carbocycles. The first-order valence-corrected chi connectivity index (χ1v) is 4.97. The summed E-state index contributed by atoms with van der Waals surface area (Å²) in [6.07, 6.45) is 2.20. The second kappa shape index (κ2) is 4.70. The normalized spacial score (nSPS) is 11.8. The fourth-order valence-corrected chi connectivity index (χ4v) is 1.47. The molecule has 0 radical (unpaired) electrons. The van der Waals surface area contributed by atoms with Crippen LogP contribution < -0.4 is 0 Å². The van der Waals surface area contributed by atoms with E-state index in [1.165, 1.54) is 6.08 Å². The van der Waals surface area contributed by atoms with Crippen LogP contribution >= 0.6 is 0 Å². The number of nitrogens with zero attached hydrogens (tertiary/aromatic N) is 1. The lowest BCUT2D eigenvalue weighted by Crippen LogP contribution is -1.87. The van der Waals surface area contributed by atoms with Crippen LogP contribution in [0.2, 0.25) is 0 Å². The molecule has 0 aliphatic rings. The maximum atomic E-state index is 11.1. The van der Waals surface area contributed by atoms with Gasteiger partial charge in [0.15, 0.2) is 11.0 Å². The average molecular weight is 195 g/mol. The number of hydrogen-bond donors (Lipinski definition) is 0. The Morgan fingerprint density at radius 1 is 1.38 bits per heavy atom. The van der Waals surface area contributed by atoms with Crippen molar-refractivity contribution < 1.29 is 9.00 Å². The Morgan fingerprint density at radius 3 is 2.46 bits per heavy atom. The van der Waals surface area contributed by atoms with Crippen LogP contribution in [0.1, 0.15) is 12.5 Å². The average Bonchev–Trinajstić information content (AvgIpc) is 2.18. The van der Waals surface area contributed by atoms with E-state index in [0.717, 1.165) is 12.0 Å². The monoisotopic (exact) mass is 195 g/mol. The maximum Gasteiger partial charge on any atom is 0.250 e. The molecule has 1 atom stereocenters. The van der Waals surface area contributed by atoms with Crippen molar-refractivity contribution in [3.63, 3.8) is 0 Å². The minimum absolute atomic E-state index is 0.528. The molecule has 0 fully saturated rings. The van der Waals surface area contributed by atoms with Gasteiger partial charge >= 0.3 is 0 Å². The van der Waals surface area contributed by atoms with Crippen LogP contribution in [-0.4, -0.2) is 10.3 Å². The lowest BCUT2D eigenvalue weighted by atomic mass is 10.2. The van der Waals surface area contributed by atoms with Gasteiger partial charge in [0.05, 0.1) is 4.90 Å². The molecule has 0 aromatic heterocycles. The molecule has 0 N–H and O–H groups in total. The second-order valence-corrected chi connectivity index (χ2v) is 3.58. The molecule has 68 valence electrons. The second-order valence-electron chi connectivity index (χ2n) is 2.43. The van der Waals surface area contributed by atoms with Crippen LogP contribution in [0.5, 0.6) is 0 Å². The summed E-state index contributed by atoms with van der Waals surface area (Å²) >= 11 is 0. The third-order valence-corrected chi connectivity index (χ3v) is 2.57. The Balaban J connectivity index is 2.92. The van der Waals surface area contributed by atoms with Crippen molar-refractivity contribution in [2.24, 2.45) is 4.40 Å². The van der Waals surface area contributed by atoms with E-state index in [-0.39, 0.29) is 0 Å². The molecule has 1 rings (SSSR count). The lowest BCUT2D eigenvalue weighted by Gasteiger charge is -1.96. The summed E-state index contributed by atoms with van der Waals surface area (Å²) < 4.78 is 14.2. The third-order valence-electron chi connectivity index (χ3n) is 1.65. The Morgan fingerprint density at radius 2 is 2.00 bits per heavy atom. The van der Waals surface area contributed by atoms with Crippen molar-refractivity contribution in [3.05, 3.63) is 29.8 Å². The molecule has 1 aromatic rings. The van der Waals surface area contributed by atoms with Gasteiger partial charge in [-0.1, -0.05) is 23.5 Å². The zero-order chi connectivity index (χ0) is 9.68. The van der Waals surface area contributed by atoms with Gasteiger partial charge in [-0.15, -0.1) is 0 Å². The first-order valence-electron chi connectivity index (χ1n) is 3.86. The van der Waals surface area contributed by atoms with Crippen LogP contribution in [0.3, 0.4) is 0 Å². The Labute approximate surface area is 79.1 Å². The van der Waals surface area contributed by atoms with E-state index >= 15 is 0 Å². The molecule has 1 unspecified atom stereocenters.